The van der Waals surface area contributed by atoms with E-state index in [0.717, 1.165) is 10.0 Å². The third-order valence-electron chi connectivity index (χ3n) is 6.84. The predicted molar refractivity (Wildman–Crippen MR) is 117 cm³/mol. The second-order valence-corrected chi connectivity index (χ2v) is 9.75. The lowest BCUT2D eigenvalue weighted by Gasteiger charge is -2.30. The largest absolute Gasteiger partial charge is 0.484 e. The summed E-state index contributed by atoms with van der Waals surface area (Å²) in [6, 6.07) is 18.5. The number of carbonyl (C=O) groups excluding carboxylic acids is 1. The Labute approximate surface area is 192 Å². The van der Waals surface area contributed by atoms with Crippen molar-refractivity contribution in [2.24, 2.45) is 11.3 Å². The first-order chi connectivity index (χ1) is 14.9. The van der Waals surface area contributed by atoms with Gasteiger partial charge in [-0.15, -0.1) is 0 Å². The van der Waals surface area contributed by atoms with Crippen molar-refractivity contribution in [1.82, 2.24) is 4.98 Å². The van der Waals surface area contributed by atoms with Crippen LogP contribution in [0.1, 0.15) is 23.6 Å². The maximum atomic E-state index is 13.5. The molecule has 1 aliphatic heterocycles. The van der Waals surface area contributed by atoms with Gasteiger partial charge in [0.05, 0.1) is 10.4 Å². The zero-order valence-corrected chi connectivity index (χ0v) is 18.5. The molecule has 3 aromatic rings. The van der Waals surface area contributed by atoms with Crippen molar-refractivity contribution in [1.29, 1.82) is 0 Å². The molecule has 31 heavy (non-hydrogen) atoms. The van der Waals surface area contributed by atoms with E-state index < -0.39 is 17.1 Å². The molecule has 7 heteroatoms. The zero-order valence-electron chi connectivity index (χ0n) is 16.2. The van der Waals surface area contributed by atoms with Crippen molar-refractivity contribution >= 4 is 33.5 Å². The summed E-state index contributed by atoms with van der Waals surface area (Å²) >= 11 is 9.49. The highest BCUT2D eigenvalue weighted by Gasteiger charge is 2.85. The van der Waals surface area contributed by atoms with Gasteiger partial charge in [0.25, 0.3) is 0 Å². The number of hydrogen-bond donors (Lipinski definition) is 1. The summed E-state index contributed by atoms with van der Waals surface area (Å²) in [6.07, 6.45) is 1.36. The lowest BCUT2D eigenvalue weighted by atomic mass is 9.80. The number of pyridine rings is 1. The number of nitrogens with zero attached hydrogens (tertiary/aromatic N) is 1. The average molecular weight is 499 g/mol. The van der Waals surface area contributed by atoms with E-state index in [1.807, 2.05) is 42.5 Å². The molecule has 1 aromatic heterocycles. The molecular weight excluding hydrogens is 482 g/mol. The summed E-state index contributed by atoms with van der Waals surface area (Å²) in [5.74, 6) is -0.138. The third-order valence-corrected chi connectivity index (χ3v) is 7.58. The fraction of sp³-hybridized carbons (Fsp3) is 0.250. The van der Waals surface area contributed by atoms with Crippen LogP contribution < -0.4 is 9.47 Å². The number of carbonyl (C=O) groups is 1. The molecule has 156 valence electrons. The van der Waals surface area contributed by atoms with E-state index in [1.54, 1.807) is 18.2 Å². The highest BCUT2D eigenvalue weighted by Crippen LogP contribution is 2.78. The number of benzene rings is 2. The Morgan fingerprint density at radius 1 is 1.19 bits per heavy atom. The smallest absolute Gasteiger partial charge is 0.318 e. The molecule has 3 aliphatic rings. The summed E-state index contributed by atoms with van der Waals surface area (Å²) in [5.41, 5.74) is -0.882. The Hall–Kier alpha value is -2.41. The van der Waals surface area contributed by atoms with Gasteiger partial charge in [-0.1, -0.05) is 57.9 Å². The van der Waals surface area contributed by atoms with Crippen molar-refractivity contribution in [3.63, 3.8) is 0 Å². The van der Waals surface area contributed by atoms with Crippen LogP contribution in [-0.4, -0.2) is 22.2 Å². The van der Waals surface area contributed by atoms with Crippen LogP contribution in [-0.2, 0) is 10.4 Å². The second kappa shape index (κ2) is 6.55. The van der Waals surface area contributed by atoms with E-state index in [4.69, 9.17) is 21.1 Å². The van der Waals surface area contributed by atoms with Crippen molar-refractivity contribution in [3.8, 4) is 11.5 Å². The van der Waals surface area contributed by atoms with Crippen molar-refractivity contribution in [3.05, 3.63) is 87.6 Å². The molecule has 0 saturated heterocycles. The number of halogens is 2. The molecule has 2 saturated carbocycles. The normalized spacial score (nSPS) is 31.9. The van der Waals surface area contributed by atoms with Gasteiger partial charge in [0.1, 0.15) is 23.3 Å². The number of ether oxygens (including phenoxy) is 2. The number of rotatable bonds is 3. The maximum absolute atomic E-state index is 13.5. The fourth-order valence-electron chi connectivity index (χ4n) is 5.49. The highest BCUT2D eigenvalue weighted by molar-refractivity contribution is 9.10. The summed E-state index contributed by atoms with van der Waals surface area (Å²) in [7, 11) is 0. The lowest BCUT2D eigenvalue weighted by Crippen LogP contribution is -2.40. The van der Waals surface area contributed by atoms with Gasteiger partial charge >= 0.3 is 5.97 Å². The van der Waals surface area contributed by atoms with Gasteiger partial charge < -0.3 is 14.6 Å². The highest BCUT2D eigenvalue weighted by atomic mass is 79.9. The lowest BCUT2D eigenvalue weighted by molar-refractivity contribution is -0.142. The van der Waals surface area contributed by atoms with E-state index in [9.17, 15) is 9.90 Å². The van der Waals surface area contributed by atoms with Crippen molar-refractivity contribution in [2.45, 2.75) is 24.0 Å². The zero-order chi connectivity index (χ0) is 21.4. The van der Waals surface area contributed by atoms with Crippen LogP contribution in [0.3, 0.4) is 0 Å². The van der Waals surface area contributed by atoms with E-state index in [2.05, 4.69) is 20.9 Å². The van der Waals surface area contributed by atoms with Crippen LogP contribution in [0, 0.1) is 11.3 Å². The van der Waals surface area contributed by atoms with Gasteiger partial charge in [0, 0.05) is 28.6 Å². The van der Waals surface area contributed by atoms with E-state index in [1.165, 1.54) is 6.20 Å². The number of aromatic nitrogens is 1. The quantitative estimate of drug-likeness (QED) is 0.413. The van der Waals surface area contributed by atoms with E-state index in [0.29, 0.717) is 28.6 Å². The van der Waals surface area contributed by atoms with Crippen LogP contribution in [0.5, 0.6) is 11.5 Å². The van der Waals surface area contributed by atoms with Gasteiger partial charge in [-0.2, -0.15) is 0 Å². The summed E-state index contributed by atoms with van der Waals surface area (Å²) in [5, 5.41) is 12.3. The molecule has 5 atom stereocenters. The third kappa shape index (κ3) is 2.59. The standard InChI is InChI=1S/C24H17BrClNO4/c25-14-6-8-16(9-7-14)30-22(28)23-11-18(23)24(29)20-17(10-15(26)12-27-20)31-21(24)19(23)13-4-2-1-3-5-13/h1-10,12,18-19,21,29H,11H2. The Morgan fingerprint density at radius 3 is 2.68 bits per heavy atom. The number of hydrogen-bond acceptors (Lipinski definition) is 5. The minimum Gasteiger partial charge on any atom is -0.484 e. The molecular formula is C24H17BrClNO4. The first-order valence-electron chi connectivity index (χ1n) is 10.0. The predicted octanol–water partition coefficient (Wildman–Crippen LogP) is 4.86. The minimum atomic E-state index is -1.38. The van der Waals surface area contributed by atoms with Crippen LogP contribution in [0.15, 0.2) is 71.3 Å². The Morgan fingerprint density at radius 2 is 1.94 bits per heavy atom. The molecule has 0 bridgehead atoms. The molecule has 2 heterocycles. The van der Waals surface area contributed by atoms with Gasteiger partial charge in [0.15, 0.2) is 5.60 Å². The summed E-state index contributed by atoms with van der Waals surface area (Å²) in [6.45, 7) is 0. The van der Waals surface area contributed by atoms with Crippen LogP contribution in [0.2, 0.25) is 5.02 Å². The molecule has 1 N–H and O–H groups in total. The first-order valence-corrected chi connectivity index (χ1v) is 11.2. The monoisotopic (exact) mass is 497 g/mol. The molecule has 0 spiro atoms. The van der Waals surface area contributed by atoms with Gasteiger partial charge in [-0.05, 0) is 36.2 Å². The molecule has 6 rings (SSSR count). The Kier molecular flexibility index (Phi) is 4.07. The number of aliphatic hydroxyl groups is 1. The van der Waals surface area contributed by atoms with Crippen LogP contribution in [0.4, 0.5) is 0 Å². The Balaban J connectivity index is 1.45. The number of fused-ring (bicyclic) bond motifs is 5. The molecule has 0 radical (unpaired) electrons. The second-order valence-electron chi connectivity index (χ2n) is 8.39. The van der Waals surface area contributed by atoms with E-state index in [-0.39, 0.29) is 17.8 Å². The topological polar surface area (TPSA) is 68.7 Å². The van der Waals surface area contributed by atoms with E-state index >= 15 is 0 Å². The van der Waals surface area contributed by atoms with Gasteiger partial charge in [-0.3, -0.25) is 9.78 Å². The summed E-state index contributed by atoms with van der Waals surface area (Å²) < 4.78 is 12.9. The van der Waals surface area contributed by atoms with Crippen LogP contribution >= 0.6 is 27.5 Å². The van der Waals surface area contributed by atoms with Crippen molar-refractivity contribution < 1.29 is 19.4 Å². The molecule has 2 aliphatic carbocycles. The maximum Gasteiger partial charge on any atom is 0.318 e. The molecule has 5 unspecified atom stereocenters. The molecule has 0 amide bonds. The Bertz CT molecular complexity index is 1200. The minimum absolute atomic E-state index is 0.351. The SMILES string of the molecule is O=C(Oc1ccc(Br)cc1)C12CC1C1(O)c3ncc(Cl)cc3OC1C2c1ccccc1. The molecule has 5 nitrogen and oxygen atoms in total. The molecule has 2 aromatic carbocycles. The molecule has 2 fully saturated rings. The fourth-order valence-corrected chi connectivity index (χ4v) is 5.90. The average Bonchev–Trinajstić information content (AvgIpc) is 3.40. The van der Waals surface area contributed by atoms with Gasteiger partial charge in [0.2, 0.25) is 0 Å². The summed E-state index contributed by atoms with van der Waals surface area (Å²) in [4.78, 5) is 17.9. The van der Waals surface area contributed by atoms with Crippen molar-refractivity contribution in [2.75, 3.05) is 0 Å². The first kappa shape index (κ1) is 19.3. The van der Waals surface area contributed by atoms with Crippen LogP contribution in [0.25, 0.3) is 0 Å². The number of esters is 1. The van der Waals surface area contributed by atoms with Gasteiger partial charge in [-0.25, -0.2) is 0 Å².